The Bertz CT molecular complexity index is 1230. The first-order valence-electron chi connectivity index (χ1n) is 13.0. The fraction of sp³-hybridized carbons (Fsp3) is 0.370. The normalized spacial score (nSPS) is 13.6. The third kappa shape index (κ3) is 11.3. The molecule has 0 heterocycles. The van der Waals surface area contributed by atoms with Crippen LogP contribution in [0.5, 0.6) is 11.5 Å². The van der Waals surface area contributed by atoms with E-state index in [1.54, 1.807) is 0 Å². The summed E-state index contributed by atoms with van der Waals surface area (Å²) in [6, 6.07) is 6.51. The molecule has 0 aliphatic carbocycles. The average Bonchev–Trinajstić information content (AvgIpc) is 2.95. The predicted molar refractivity (Wildman–Crippen MR) is 152 cm³/mol. The van der Waals surface area contributed by atoms with Gasteiger partial charge in [0, 0.05) is 19.4 Å². The van der Waals surface area contributed by atoms with E-state index in [0.717, 1.165) is 0 Å². The van der Waals surface area contributed by atoms with Crippen LogP contribution in [0.2, 0.25) is 0 Å². The van der Waals surface area contributed by atoms with Crippen molar-refractivity contribution in [3.8, 4) is 11.5 Å². The van der Waals surface area contributed by atoms with Crippen molar-refractivity contribution in [2.24, 2.45) is 22.2 Å². The van der Waals surface area contributed by atoms with Gasteiger partial charge in [0.25, 0.3) is 0 Å². The van der Waals surface area contributed by atoms with Crippen molar-refractivity contribution in [3.05, 3.63) is 59.7 Å². The second-order valence-electron chi connectivity index (χ2n) is 9.50. The Morgan fingerprint density at radius 3 is 1.57 bits per heavy atom. The Balaban J connectivity index is 2.30. The lowest BCUT2D eigenvalue weighted by atomic mass is 10.0. The summed E-state index contributed by atoms with van der Waals surface area (Å²) in [7, 11) is 0. The van der Waals surface area contributed by atoms with Crippen molar-refractivity contribution < 1.29 is 39.6 Å². The Hall–Kier alpha value is -4.89. The maximum absolute atomic E-state index is 13.5. The first-order valence-corrected chi connectivity index (χ1v) is 13.0. The minimum absolute atomic E-state index is 0.00366. The summed E-state index contributed by atoms with van der Waals surface area (Å²) in [6.07, 6.45) is 0.0899. The molecule has 0 fully saturated rings. The molecular formula is C27H37N7O8. The number of aliphatic carboxylic acids is 1. The van der Waals surface area contributed by atoms with Crippen LogP contribution in [0.3, 0.4) is 0 Å². The van der Waals surface area contributed by atoms with Crippen LogP contribution in [-0.2, 0) is 32.0 Å². The minimum Gasteiger partial charge on any atom is -0.508 e. The van der Waals surface area contributed by atoms with Gasteiger partial charge in [0.2, 0.25) is 17.7 Å². The third-order valence-corrected chi connectivity index (χ3v) is 6.11. The molecule has 228 valence electrons. The van der Waals surface area contributed by atoms with Crippen molar-refractivity contribution in [1.82, 2.24) is 16.0 Å². The standard InChI is InChI=1S/C27H37N7O8/c28-19(14-35)23(38)33-21(12-15-3-7-17(36)8-4-15)25(40)34-22(13-16-5-9-18(37)10-6-16)24(39)32-20(26(41)42)2-1-11-31-27(29)30/h3-10,19-22,35-37H,1-2,11-14,28H2,(H,32,39)(H,33,38)(H,34,40)(H,41,42)(H4,29,30,31). The molecule has 2 aromatic rings. The summed E-state index contributed by atoms with van der Waals surface area (Å²) in [5.41, 5.74) is 17.3. The Morgan fingerprint density at radius 2 is 1.17 bits per heavy atom. The summed E-state index contributed by atoms with van der Waals surface area (Å²) in [5.74, 6) is -3.92. The maximum atomic E-state index is 13.5. The lowest BCUT2D eigenvalue weighted by Crippen LogP contribution is -2.58. The zero-order valence-electron chi connectivity index (χ0n) is 22.8. The van der Waals surface area contributed by atoms with Crippen molar-refractivity contribution in [1.29, 1.82) is 0 Å². The average molecular weight is 588 g/mol. The number of phenols is 2. The monoisotopic (exact) mass is 587 g/mol. The number of aromatic hydroxyl groups is 2. The molecule has 15 nitrogen and oxygen atoms in total. The van der Waals surface area contributed by atoms with Gasteiger partial charge in [-0.1, -0.05) is 24.3 Å². The second kappa shape index (κ2) is 16.4. The quantitative estimate of drug-likeness (QED) is 0.0571. The van der Waals surface area contributed by atoms with Crippen LogP contribution in [-0.4, -0.2) is 87.4 Å². The molecule has 0 spiro atoms. The van der Waals surface area contributed by atoms with Crippen LogP contribution < -0.4 is 33.2 Å². The van der Waals surface area contributed by atoms with Gasteiger partial charge in [-0.15, -0.1) is 0 Å². The molecule has 4 unspecified atom stereocenters. The van der Waals surface area contributed by atoms with E-state index in [0.29, 0.717) is 11.1 Å². The van der Waals surface area contributed by atoms with E-state index in [2.05, 4.69) is 20.9 Å². The Morgan fingerprint density at radius 1 is 0.738 bits per heavy atom. The number of nitrogens with one attached hydrogen (secondary N) is 3. The van der Waals surface area contributed by atoms with Crippen molar-refractivity contribution in [2.45, 2.75) is 49.9 Å². The van der Waals surface area contributed by atoms with Gasteiger partial charge in [-0.05, 0) is 48.2 Å². The van der Waals surface area contributed by atoms with Crippen LogP contribution in [0, 0.1) is 0 Å². The second-order valence-corrected chi connectivity index (χ2v) is 9.50. The number of hydrogen-bond acceptors (Lipinski definition) is 9. The number of aliphatic imine (C=N–C) groups is 1. The Kier molecular flexibility index (Phi) is 13.0. The molecular weight excluding hydrogens is 550 g/mol. The molecule has 2 aromatic carbocycles. The van der Waals surface area contributed by atoms with Gasteiger partial charge >= 0.3 is 5.97 Å². The molecule has 0 radical (unpaired) electrons. The molecule has 3 amide bonds. The molecule has 15 heteroatoms. The number of carbonyl (C=O) groups excluding carboxylic acids is 3. The van der Waals surface area contributed by atoms with Crippen LogP contribution in [0.25, 0.3) is 0 Å². The number of amides is 3. The molecule has 0 saturated heterocycles. The van der Waals surface area contributed by atoms with E-state index in [1.165, 1.54) is 48.5 Å². The lowest BCUT2D eigenvalue weighted by molar-refractivity contribution is -0.142. The van der Waals surface area contributed by atoms with Crippen LogP contribution >= 0.6 is 0 Å². The fourth-order valence-corrected chi connectivity index (χ4v) is 3.82. The summed E-state index contributed by atoms with van der Waals surface area (Å²) < 4.78 is 0. The number of rotatable bonds is 16. The minimum atomic E-state index is -1.32. The SMILES string of the molecule is NC(N)=NCCCC(NC(=O)C(Cc1ccc(O)cc1)NC(=O)C(Cc1ccc(O)cc1)NC(=O)C(N)CO)C(=O)O. The molecule has 42 heavy (non-hydrogen) atoms. The van der Waals surface area contributed by atoms with E-state index in [-0.39, 0.29) is 49.7 Å². The number of hydrogen-bond donors (Lipinski definition) is 10. The molecule has 4 atom stereocenters. The fourth-order valence-electron chi connectivity index (χ4n) is 3.82. The van der Waals surface area contributed by atoms with Gasteiger partial charge in [-0.2, -0.15) is 0 Å². The highest BCUT2D eigenvalue weighted by Gasteiger charge is 2.30. The number of aliphatic hydroxyl groups is 1. The van der Waals surface area contributed by atoms with Gasteiger partial charge in [0.1, 0.15) is 35.7 Å². The lowest BCUT2D eigenvalue weighted by Gasteiger charge is -2.25. The first-order chi connectivity index (χ1) is 19.9. The number of carboxylic acid groups (broad SMARTS) is 1. The van der Waals surface area contributed by atoms with Crippen molar-refractivity contribution >= 4 is 29.7 Å². The van der Waals surface area contributed by atoms with Gasteiger partial charge in [0.05, 0.1) is 6.61 Å². The molecule has 0 bridgehead atoms. The topological polar surface area (TPSA) is 276 Å². The molecule has 13 N–H and O–H groups in total. The van der Waals surface area contributed by atoms with Gasteiger partial charge in [-0.25, -0.2) is 4.79 Å². The van der Waals surface area contributed by atoms with Crippen LogP contribution in [0.1, 0.15) is 24.0 Å². The molecule has 0 aliphatic heterocycles. The molecule has 2 rings (SSSR count). The highest BCUT2D eigenvalue weighted by atomic mass is 16.4. The largest absolute Gasteiger partial charge is 0.508 e. The van der Waals surface area contributed by atoms with Gasteiger partial charge in [-0.3, -0.25) is 19.4 Å². The third-order valence-electron chi connectivity index (χ3n) is 6.11. The number of phenolic OH excluding ortho intramolecular Hbond substituents is 2. The summed E-state index contributed by atoms with van der Waals surface area (Å²) in [5, 5.41) is 45.6. The van der Waals surface area contributed by atoms with E-state index < -0.39 is 54.5 Å². The van der Waals surface area contributed by atoms with Crippen molar-refractivity contribution in [3.63, 3.8) is 0 Å². The van der Waals surface area contributed by atoms with E-state index in [1.807, 2.05) is 0 Å². The maximum Gasteiger partial charge on any atom is 0.326 e. The number of carboxylic acids is 1. The number of nitrogens with two attached hydrogens (primary N) is 3. The number of carbonyl (C=O) groups is 4. The molecule has 0 aromatic heterocycles. The number of guanidine groups is 1. The summed E-state index contributed by atoms with van der Waals surface area (Å²) in [4.78, 5) is 54.9. The van der Waals surface area contributed by atoms with E-state index in [4.69, 9.17) is 17.2 Å². The Labute approximate surface area is 241 Å². The van der Waals surface area contributed by atoms with Crippen LogP contribution in [0.4, 0.5) is 0 Å². The number of aliphatic hydroxyl groups excluding tert-OH is 1. The zero-order chi connectivity index (χ0) is 31.2. The highest BCUT2D eigenvalue weighted by Crippen LogP contribution is 2.14. The molecule has 0 aliphatic rings. The number of nitrogens with zero attached hydrogens (tertiary/aromatic N) is 1. The predicted octanol–water partition coefficient (Wildman–Crippen LogP) is -2.20. The van der Waals surface area contributed by atoms with Gasteiger partial charge in [0.15, 0.2) is 5.96 Å². The first kappa shape index (κ1) is 33.3. The van der Waals surface area contributed by atoms with Gasteiger partial charge < -0.3 is 53.6 Å². The van der Waals surface area contributed by atoms with Crippen molar-refractivity contribution in [2.75, 3.05) is 13.2 Å². The smallest absolute Gasteiger partial charge is 0.326 e. The van der Waals surface area contributed by atoms with E-state index in [9.17, 15) is 39.6 Å². The highest BCUT2D eigenvalue weighted by molar-refractivity contribution is 5.94. The zero-order valence-corrected chi connectivity index (χ0v) is 22.8. The number of benzene rings is 2. The molecule has 0 saturated carbocycles. The van der Waals surface area contributed by atoms with E-state index >= 15 is 0 Å². The summed E-state index contributed by atoms with van der Waals surface area (Å²) >= 11 is 0. The van der Waals surface area contributed by atoms with Crippen LogP contribution in [0.15, 0.2) is 53.5 Å². The summed E-state index contributed by atoms with van der Waals surface area (Å²) in [6.45, 7) is -0.532.